The number of rotatable bonds is 9. The first-order valence-electron chi connectivity index (χ1n) is 11.0. The van der Waals surface area contributed by atoms with E-state index in [0.717, 1.165) is 11.8 Å². The lowest BCUT2D eigenvalue weighted by Crippen LogP contribution is -2.43. The lowest BCUT2D eigenvalue weighted by molar-refractivity contribution is -0.127. The van der Waals surface area contributed by atoms with E-state index in [9.17, 15) is 27.2 Å². The molecule has 0 radical (unpaired) electrons. The summed E-state index contributed by atoms with van der Waals surface area (Å²) in [4.78, 5) is 29.0. The molecule has 2 aromatic carbocycles. The van der Waals surface area contributed by atoms with E-state index in [1.165, 1.54) is 31.6 Å². The average molecular weight is 539 g/mol. The molecule has 1 unspecified atom stereocenters. The van der Waals surface area contributed by atoms with Crippen LogP contribution in [0.25, 0.3) is 11.8 Å². The summed E-state index contributed by atoms with van der Waals surface area (Å²) < 4.78 is 62.3. The Hall–Kier alpha value is -3.86. The van der Waals surface area contributed by atoms with Crippen molar-refractivity contribution in [1.29, 1.82) is 0 Å². The van der Waals surface area contributed by atoms with Crippen molar-refractivity contribution in [3.8, 4) is 11.4 Å². The number of alkyl halides is 1. The maximum atomic E-state index is 14.7. The van der Waals surface area contributed by atoms with Crippen LogP contribution >= 0.6 is 11.6 Å². The van der Waals surface area contributed by atoms with E-state index in [4.69, 9.17) is 16.3 Å². The van der Waals surface area contributed by atoms with Gasteiger partial charge in [0, 0.05) is 29.8 Å². The molecule has 1 aromatic heterocycles. The molecule has 0 spiro atoms. The zero-order chi connectivity index (χ0) is 27.1. The molecule has 0 aliphatic heterocycles. The van der Waals surface area contributed by atoms with Crippen molar-refractivity contribution in [3.05, 3.63) is 83.0 Å². The molecule has 0 fully saturated rings. The summed E-state index contributed by atoms with van der Waals surface area (Å²) >= 11 is 5.67. The molecule has 0 aliphatic rings. The second kappa shape index (κ2) is 12.4. The van der Waals surface area contributed by atoms with Gasteiger partial charge < -0.3 is 9.30 Å². The number of nitrogens with one attached hydrogen (secondary N) is 2. The van der Waals surface area contributed by atoms with Gasteiger partial charge >= 0.3 is 0 Å². The fourth-order valence-electron chi connectivity index (χ4n) is 3.53. The van der Waals surface area contributed by atoms with Gasteiger partial charge in [0.2, 0.25) is 5.91 Å². The number of hydrogen-bond donors (Lipinski definition) is 2. The number of aromatic nitrogens is 2. The van der Waals surface area contributed by atoms with Crippen molar-refractivity contribution in [2.45, 2.75) is 25.7 Å². The first-order valence-corrected chi connectivity index (χ1v) is 11.5. The minimum atomic E-state index is -1.66. The summed E-state index contributed by atoms with van der Waals surface area (Å²) in [6, 6.07) is 4.04. The third kappa shape index (κ3) is 6.88. The van der Waals surface area contributed by atoms with Crippen LogP contribution in [0.15, 0.2) is 42.9 Å². The number of methoxy groups -OCH3 is 1. The topological polar surface area (TPSA) is 85.3 Å². The Kier molecular flexibility index (Phi) is 9.29. The minimum absolute atomic E-state index is 0.0381. The molecule has 196 valence electrons. The molecule has 2 N–H and O–H groups in total. The monoisotopic (exact) mass is 538 g/mol. The number of carbonyl (C=O) groups excluding carboxylic acids is 2. The highest BCUT2D eigenvalue weighted by molar-refractivity contribution is 6.17. The van der Waals surface area contributed by atoms with Crippen LogP contribution in [0.5, 0.6) is 5.75 Å². The van der Waals surface area contributed by atoms with Crippen LogP contribution in [0.3, 0.4) is 0 Å². The summed E-state index contributed by atoms with van der Waals surface area (Å²) in [5, 5.41) is 0. The van der Waals surface area contributed by atoms with E-state index in [1.54, 1.807) is 17.7 Å². The molecule has 37 heavy (non-hydrogen) atoms. The van der Waals surface area contributed by atoms with Gasteiger partial charge in [-0.05, 0) is 49.6 Å². The number of ether oxygens (including phenoxy) is 1. The second-order valence-electron chi connectivity index (χ2n) is 7.96. The van der Waals surface area contributed by atoms with E-state index in [0.29, 0.717) is 30.0 Å². The Balaban J connectivity index is 1.70. The quantitative estimate of drug-likeness (QED) is 0.136. The smallest absolute Gasteiger partial charge is 0.262 e. The molecule has 7 nitrogen and oxygen atoms in total. The van der Waals surface area contributed by atoms with E-state index in [1.807, 2.05) is 0 Å². The van der Waals surface area contributed by atoms with Crippen molar-refractivity contribution in [2.75, 3.05) is 13.0 Å². The van der Waals surface area contributed by atoms with E-state index < -0.39 is 41.0 Å². The van der Waals surface area contributed by atoms with Crippen molar-refractivity contribution < 1.29 is 31.9 Å². The first kappa shape index (κ1) is 27.7. The molecule has 3 aromatic rings. The van der Waals surface area contributed by atoms with Crippen LogP contribution in [-0.4, -0.2) is 34.4 Å². The molecule has 0 saturated carbocycles. The van der Waals surface area contributed by atoms with Crippen molar-refractivity contribution in [2.24, 2.45) is 0 Å². The lowest BCUT2D eigenvalue weighted by Gasteiger charge is -2.17. The van der Waals surface area contributed by atoms with Gasteiger partial charge in [0.1, 0.15) is 11.6 Å². The Labute approximate surface area is 215 Å². The zero-order valence-corrected chi connectivity index (χ0v) is 20.6. The normalized spacial score (nSPS) is 12.0. The number of imidazole rings is 1. The number of hydrazine groups is 1. The Morgan fingerprint density at radius 1 is 1.11 bits per heavy atom. The molecule has 3 rings (SSSR count). The van der Waals surface area contributed by atoms with Gasteiger partial charge in [-0.25, -0.2) is 22.5 Å². The van der Waals surface area contributed by atoms with Crippen molar-refractivity contribution >= 4 is 29.5 Å². The number of amides is 2. The Bertz CT molecular complexity index is 1310. The predicted octanol–water partition coefficient (Wildman–Crippen LogP) is 4.71. The number of nitrogens with zero attached hydrogens (tertiary/aromatic N) is 2. The molecule has 1 atom stereocenters. The van der Waals surface area contributed by atoms with Gasteiger partial charge in [-0.3, -0.25) is 20.4 Å². The maximum Gasteiger partial charge on any atom is 0.262 e. The van der Waals surface area contributed by atoms with Crippen LogP contribution in [0.4, 0.5) is 17.6 Å². The number of halogens is 5. The van der Waals surface area contributed by atoms with E-state index in [2.05, 4.69) is 15.8 Å². The van der Waals surface area contributed by atoms with Gasteiger partial charge in [0.15, 0.2) is 17.5 Å². The minimum Gasteiger partial charge on any atom is -0.495 e. The molecule has 1 heterocycles. The number of carbonyl (C=O) groups is 2. The Morgan fingerprint density at radius 3 is 2.41 bits per heavy atom. The summed E-state index contributed by atoms with van der Waals surface area (Å²) in [5.74, 6) is -7.43. The standard InChI is InChI=1S/C25H23ClF4N4O3/c1-14-12-34(13-31-14)21-11-18(27)15(10-22(21)37-2)5-6-23(35)32-33-25(36)17(4-3-7-26)16-8-19(28)24(30)20(29)9-16/h5-6,8-13,17H,3-4,7H2,1-2H3,(H,32,35)(H,33,36)/b6-5+. The van der Waals surface area contributed by atoms with Gasteiger partial charge in [-0.1, -0.05) is 0 Å². The van der Waals surface area contributed by atoms with Gasteiger partial charge in [-0.2, -0.15) is 0 Å². The molecular formula is C25H23ClF4N4O3. The molecule has 0 bridgehead atoms. The van der Waals surface area contributed by atoms with Gasteiger partial charge in [0.25, 0.3) is 5.91 Å². The number of aryl methyl sites for hydroxylation is 1. The third-order valence-corrected chi connectivity index (χ3v) is 5.63. The molecule has 2 amide bonds. The lowest BCUT2D eigenvalue weighted by atomic mass is 9.93. The molecule has 0 aliphatic carbocycles. The summed E-state index contributed by atoms with van der Waals surface area (Å²) in [5.41, 5.74) is 5.33. The molecule has 12 heteroatoms. The van der Waals surface area contributed by atoms with Crippen molar-refractivity contribution in [1.82, 2.24) is 20.4 Å². The van der Waals surface area contributed by atoms with Crippen molar-refractivity contribution in [3.63, 3.8) is 0 Å². The third-order valence-electron chi connectivity index (χ3n) is 5.36. The predicted molar refractivity (Wildman–Crippen MR) is 129 cm³/mol. The average Bonchev–Trinajstić information content (AvgIpc) is 3.31. The van der Waals surface area contributed by atoms with Crippen LogP contribution in [-0.2, 0) is 9.59 Å². The van der Waals surface area contributed by atoms with E-state index in [-0.39, 0.29) is 23.4 Å². The van der Waals surface area contributed by atoms with Gasteiger partial charge in [-0.15, -0.1) is 11.6 Å². The second-order valence-corrected chi connectivity index (χ2v) is 8.34. The fraction of sp³-hybridized carbons (Fsp3) is 0.240. The number of benzene rings is 2. The van der Waals surface area contributed by atoms with Gasteiger partial charge in [0.05, 0.1) is 30.7 Å². The fourth-order valence-corrected chi connectivity index (χ4v) is 3.68. The summed E-state index contributed by atoms with van der Waals surface area (Å²) in [7, 11) is 1.41. The molecule has 0 saturated heterocycles. The highest BCUT2D eigenvalue weighted by atomic mass is 35.5. The Morgan fingerprint density at radius 2 is 1.81 bits per heavy atom. The SMILES string of the molecule is COc1cc(/C=C/C(=O)NNC(=O)C(CCCCl)c2cc(F)c(F)c(F)c2)c(F)cc1-n1cnc(C)c1. The molecular weight excluding hydrogens is 516 g/mol. The zero-order valence-electron chi connectivity index (χ0n) is 19.8. The largest absolute Gasteiger partial charge is 0.495 e. The van der Waals surface area contributed by atoms with Crippen LogP contribution in [0.1, 0.15) is 35.6 Å². The maximum absolute atomic E-state index is 14.7. The van der Waals surface area contributed by atoms with E-state index >= 15 is 0 Å². The highest BCUT2D eigenvalue weighted by Crippen LogP contribution is 2.28. The summed E-state index contributed by atoms with van der Waals surface area (Å²) in [6.45, 7) is 1.78. The van der Waals surface area contributed by atoms with Crippen LogP contribution < -0.4 is 15.6 Å². The summed E-state index contributed by atoms with van der Waals surface area (Å²) in [6.07, 6.45) is 5.75. The number of hydrogen-bond acceptors (Lipinski definition) is 4. The highest BCUT2D eigenvalue weighted by Gasteiger charge is 2.24. The van der Waals surface area contributed by atoms with Crippen LogP contribution in [0.2, 0.25) is 0 Å². The van der Waals surface area contributed by atoms with Crippen LogP contribution in [0, 0.1) is 30.2 Å². The first-order chi connectivity index (χ1) is 17.6.